The molecule has 0 saturated carbocycles. The van der Waals surface area contributed by atoms with Crippen molar-refractivity contribution < 1.29 is 9.52 Å². The van der Waals surface area contributed by atoms with Crippen LogP contribution in [0.2, 0.25) is 0 Å². The van der Waals surface area contributed by atoms with E-state index in [9.17, 15) is 5.11 Å². The lowest BCUT2D eigenvalue weighted by atomic mass is 10.1. The van der Waals surface area contributed by atoms with Gasteiger partial charge in [0.2, 0.25) is 11.8 Å². The van der Waals surface area contributed by atoms with Gasteiger partial charge in [0.25, 0.3) is 0 Å². The average molecular weight is 289 g/mol. The molecule has 0 aliphatic rings. The Morgan fingerprint density at radius 3 is 2.48 bits per heavy atom. The summed E-state index contributed by atoms with van der Waals surface area (Å²) in [6.45, 7) is 9.01. The number of aliphatic hydroxyl groups is 1. The van der Waals surface area contributed by atoms with Crippen molar-refractivity contribution in [2.45, 2.75) is 39.3 Å². The Morgan fingerprint density at radius 2 is 1.90 bits per heavy atom. The van der Waals surface area contributed by atoms with Crippen LogP contribution in [0.1, 0.15) is 39.6 Å². The van der Waals surface area contributed by atoms with E-state index < -0.39 is 5.60 Å². The highest BCUT2D eigenvalue weighted by atomic mass is 16.4. The van der Waals surface area contributed by atoms with Gasteiger partial charge in [0.05, 0.1) is 11.6 Å². The number of likely N-dealkylation sites (N-methyl/N-ethyl adjacent to an activating group) is 1. The van der Waals surface area contributed by atoms with Crippen LogP contribution in [0.25, 0.3) is 11.5 Å². The average Bonchev–Trinajstić information content (AvgIpc) is 2.94. The molecule has 1 unspecified atom stereocenters. The van der Waals surface area contributed by atoms with E-state index in [4.69, 9.17) is 4.42 Å². The zero-order chi connectivity index (χ0) is 15.5. The van der Waals surface area contributed by atoms with Gasteiger partial charge in [-0.1, -0.05) is 25.1 Å². The second kappa shape index (κ2) is 6.37. The van der Waals surface area contributed by atoms with Crippen LogP contribution < -0.4 is 0 Å². The molecule has 0 aliphatic heterocycles. The number of aromatic nitrogens is 2. The topological polar surface area (TPSA) is 62.4 Å². The molecule has 1 atom stereocenters. The van der Waals surface area contributed by atoms with E-state index in [0.717, 1.165) is 12.1 Å². The van der Waals surface area contributed by atoms with Gasteiger partial charge in [-0.2, -0.15) is 0 Å². The molecular weight excluding hydrogens is 266 g/mol. The largest absolute Gasteiger partial charge is 0.419 e. The first-order valence-corrected chi connectivity index (χ1v) is 7.26. The molecule has 0 amide bonds. The molecule has 1 aromatic carbocycles. The minimum absolute atomic E-state index is 0.0358. The maximum absolute atomic E-state index is 9.99. The van der Waals surface area contributed by atoms with E-state index in [0.29, 0.717) is 18.3 Å². The van der Waals surface area contributed by atoms with Crippen LogP contribution in [0.5, 0.6) is 0 Å². The molecular formula is C16H23N3O2. The van der Waals surface area contributed by atoms with E-state index in [-0.39, 0.29) is 6.04 Å². The predicted octanol–water partition coefficient (Wildman–Crippen LogP) is 2.89. The molecule has 0 radical (unpaired) electrons. The van der Waals surface area contributed by atoms with Gasteiger partial charge in [-0.15, -0.1) is 10.2 Å². The second-order valence-electron chi connectivity index (χ2n) is 5.86. The summed E-state index contributed by atoms with van der Waals surface area (Å²) in [6.07, 6.45) is 0. The normalized spacial score (nSPS) is 13.6. The minimum Gasteiger partial charge on any atom is -0.419 e. The SMILES string of the molecule is CCN(CC(C)(C)O)C(C)c1nnc(-c2ccccc2)o1. The van der Waals surface area contributed by atoms with Crippen LogP contribution >= 0.6 is 0 Å². The molecule has 5 heteroatoms. The third-order valence-corrected chi connectivity index (χ3v) is 3.36. The van der Waals surface area contributed by atoms with Gasteiger partial charge in [-0.05, 0) is 39.4 Å². The summed E-state index contributed by atoms with van der Waals surface area (Å²) in [5, 5.41) is 18.3. The van der Waals surface area contributed by atoms with Gasteiger partial charge in [-0.25, -0.2) is 0 Å². The monoisotopic (exact) mass is 289 g/mol. The Morgan fingerprint density at radius 1 is 1.24 bits per heavy atom. The zero-order valence-corrected chi connectivity index (χ0v) is 13.1. The fourth-order valence-corrected chi connectivity index (χ4v) is 2.28. The molecule has 0 bridgehead atoms. The molecule has 1 N–H and O–H groups in total. The van der Waals surface area contributed by atoms with Crippen molar-refractivity contribution in [2.24, 2.45) is 0 Å². The van der Waals surface area contributed by atoms with Crippen LogP contribution in [0.15, 0.2) is 34.7 Å². The van der Waals surface area contributed by atoms with Crippen molar-refractivity contribution in [3.05, 3.63) is 36.2 Å². The molecule has 0 aliphatic carbocycles. The summed E-state index contributed by atoms with van der Waals surface area (Å²) in [7, 11) is 0. The van der Waals surface area contributed by atoms with E-state index in [2.05, 4.69) is 22.0 Å². The molecule has 21 heavy (non-hydrogen) atoms. The summed E-state index contributed by atoms with van der Waals surface area (Å²) >= 11 is 0. The van der Waals surface area contributed by atoms with Gasteiger partial charge < -0.3 is 9.52 Å². The van der Waals surface area contributed by atoms with Crippen molar-refractivity contribution in [2.75, 3.05) is 13.1 Å². The Labute approximate surface area is 125 Å². The number of hydrogen-bond donors (Lipinski definition) is 1. The van der Waals surface area contributed by atoms with Crippen molar-refractivity contribution in [1.82, 2.24) is 15.1 Å². The Hall–Kier alpha value is -1.72. The number of hydrogen-bond acceptors (Lipinski definition) is 5. The Balaban J connectivity index is 2.16. The van der Waals surface area contributed by atoms with Gasteiger partial charge in [0.1, 0.15) is 0 Å². The lowest BCUT2D eigenvalue weighted by molar-refractivity contribution is 0.0210. The van der Waals surface area contributed by atoms with E-state index in [1.807, 2.05) is 37.3 Å². The maximum Gasteiger partial charge on any atom is 0.247 e. The predicted molar refractivity (Wildman–Crippen MR) is 81.7 cm³/mol. The van der Waals surface area contributed by atoms with Crippen LogP contribution in [0.3, 0.4) is 0 Å². The summed E-state index contributed by atoms with van der Waals surface area (Å²) in [6, 6.07) is 9.68. The fraction of sp³-hybridized carbons (Fsp3) is 0.500. The van der Waals surface area contributed by atoms with Gasteiger partial charge in [-0.3, -0.25) is 4.90 Å². The summed E-state index contributed by atoms with van der Waals surface area (Å²) in [5.41, 5.74) is 0.154. The van der Waals surface area contributed by atoms with Crippen LogP contribution in [0, 0.1) is 0 Å². The quantitative estimate of drug-likeness (QED) is 0.886. The van der Waals surface area contributed by atoms with Crippen molar-refractivity contribution in [3.8, 4) is 11.5 Å². The first kappa shape index (κ1) is 15.7. The van der Waals surface area contributed by atoms with E-state index in [1.165, 1.54) is 0 Å². The minimum atomic E-state index is -0.757. The van der Waals surface area contributed by atoms with Crippen molar-refractivity contribution >= 4 is 0 Å². The maximum atomic E-state index is 9.99. The van der Waals surface area contributed by atoms with Crippen LogP contribution in [-0.4, -0.2) is 38.9 Å². The highest BCUT2D eigenvalue weighted by molar-refractivity contribution is 5.51. The lowest BCUT2D eigenvalue weighted by Crippen LogP contribution is -2.40. The first-order valence-electron chi connectivity index (χ1n) is 7.26. The van der Waals surface area contributed by atoms with Crippen LogP contribution in [-0.2, 0) is 0 Å². The molecule has 0 spiro atoms. The van der Waals surface area contributed by atoms with Crippen molar-refractivity contribution in [3.63, 3.8) is 0 Å². The summed E-state index contributed by atoms with van der Waals surface area (Å²) < 4.78 is 5.78. The van der Waals surface area contributed by atoms with Gasteiger partial charge in [0.15, 0.2) is 0 Å². The lowest BCUT2D eigenvalue weighted by Gasteiger charge is -2.31. The summed E-state index contributed by atoms with van der Waals surface area (Å²) in [4.78, 5) is 2.11. The molecule has 2 rings (SSSR count). The zero-order valence-electron chi connectivity index (χ0n) is 13.1. The molecule has 0 fully saturated rings. The second-order valence-corrected chi connectivity index (χ2v) is 5.86. The number of benzene rings is 1. The Kier molecular flexibility index (Phi) is 4.75. The Bertz CT molecular complexity index is 560. The fourth-order valence-electron chi connectivity index (χ4n) is 2.28. The smallest absolute Gasteiger partial charge is 0.247 e. The third kappa shape index (κ3) is 4.12. The third-order valence-electron chi connectivity index (χ3n) is 3.36. The molecule has 2 aromatic rings. The number of rotatable bonds is 6. The standard InChI is InChI=1S/C16H23N3O2/c1-5-19(11-16(3,4)20)12(2)14-17-18-15(21-14)13-9-7-6-8-10-13/h6-10,12,20H,5,11H2,1-4H3. The van der Waals surface area contributed by atoms with Crippen molar-refractivity contribution in [1.29, 1.82) is 0 Å². The van der Waals surface area contributed by atoms with Gasteiger partial charge in [0, 0.05) is 12.1 Å². The molecule has 0 saturated heterocycles. The highest BCUT2D eigenvalue weighted by Crippen LogP contribution is 2.24. The molecule has 114 valence electrons. The number of nitrogens with zero attached hydrogens (tertiary/aromatic N) is 3. The van der Waals surface area contributed by atoms with Gasteiger partial charge >= 0.3 is 0 Å². The van der Waals surface area contributed by atoms with E-state index in [1.54, 1.807) is 13.8 Å². The summed E-state index contributed by atoms with van der Waals surface area (Å²) in [5.74, 6) is 1.09. The van der Waals surface area contributed by atoms with Crippen LogP contribution in [0.4, 0.5) is 0 Å². The van der Waals surface area contributed by atoms with E-state index >= 15 is 0 Å². The first-order chi connectivity index (χ1) is 9.90. The molecule has 1 heterocycles. The molecule has 1 aromatic heterocycles. The molecule has 5 nitrogen and oxygen atoms in total. The highest BCUT2D eigenvalue weighted by Gasteiger charge is 2.25.